The molecule has 0 fully saturated rings. The molecule has 0 aliphatic carbocycles. The highest BCUT2D eigenvalue weighted by Crippen LogP contribution is 2.37. The first kappa shape index (κ1) is 18.2. The molecular formula is C15H26BrN3O2. The fraction of sp³-hybridized carbons (Fsp3) is 0.600. The fourth-order valence-corrected chi connectivity index (χ4v) is 2.77. The van der Waals surface area contributed by atoms with Crippen LogP contribution in [0.1, 0.15) is 11.6 Å². The van der Waals surface area contributed by atoms with Crippen LogP contribution in [0.4, 0.5) is 0 Å². The van der Waals surface area contributed by atoms with Crippen LogP contribution in [-0.4, -0.2) is 64.8 Å². The van der Waals surface area contributed by atoms with Gasteiger partial charge in [-0.25, -0.2) is 0 Å². The Morgan fingerprint density at radius 3 is 2.14 bits per heavy atom. The molecule has 6 heteroatoms. The summed E-state index contributed by atoms with van der Waals surface area (Å²) in [5, 5.41) is 0. The number of benzene rings is 1. The Morgan fingerprint density at radius 2 is 1.67 bits per heavy atom. The molecule has 0 heterocycles. The van der Waals surface area contributed by atoms with Gasteiger partial charge in [-0.3, -0.25) is 4.90 Å². The summed E-state index contributed by atoms with van der Waals surface area (Å²) >= 11 is 3.61. The molecule has 0 aromatic heterocycles. The van der Waals surface area contributed by atoms with E-state index in [0.29, 0.717) is 12.3 Å². The minimum atomic E-state index is 0.124. The summed E-state index contributed by atoms with van der Waals surface area (Å²) in [6.07, 6.45) is 0. The van der Waals surface area contributed by atoms with Crippen molar-refractivity contribution in [3.05, 3.63) is 22.2 Å². The van der Waals surface area contributed by atoms with Gasteiger partial charge < -0.3 is 20.1 Å². The minimum Gasteiger partial charge on any atom is -0.493 e. The Kier molecular flexibility index (Phi) is 7.45. The number of likely N-dealkylation sites (N-methyl/N-ethyl adjacent to an activating group) is 2. The number of halogens is 1. The Morgan fingerprint density at radius 1 is 1.10 bits per heavy atom. The van der Waals surface area contributed by atoms with E-state index in [1.54, 1.807) is 14.2 Å². The van der Waals surface area contributed by atoms with E-state index >= 15 is 0 Å². The maximum Gasteiger partial charge on any atom is 0.161 e. The molecule has 0 bridgehead atoms. The molecule has 1 atom stereocenters. The lowest BCUT2D eigenvalue weighted by Gasteiger charge is -2.29. The predicted octanol–water partition coefficient (Wildman–Crippen LogP) is 1.96. The van der Waals surface area contributed by atoms with Gasteiger partial charge in [-0.15, -0.1) is 0 Å². The van der Waals surface area contributed by atoms with Crippen molar-refractivity contribution in [1.29, 1.82) is 0 Å². The molecule has 1 unspecified atom stereocenters. The zero-order valence-corrected chi connectivity index (χ0v) is 15.1. The molecule has 0 saturated heterocycles. The molecular weight excluding hydrogens is 334 g/mol. The van der Waals surface area contributed by atoms with Gasteiger partial charge in [-0.2, -0.15) is 0 Å². The molecule has 0 saturated carbocycles. The van der Waals surface area contributed by atoms with Crippen LogP contribution in [0.5, 0.6) is 11.5 Å². The molecule has 21 heavy (non-hydrogen) atoms. The van der Waals surface area contributed by atoms with E-state index < -0.39 is 0 Å². The van der Waals surface area contributed by atoms with E-state index in [2.05, 4.69) is 46.9 Å². The summed E-state index contributed by atoms with van der Waals surface area (Å²) in [6.45, 7) is 2.46. The lowest BCUT2D eigenvalue weighted by atomic mass is 10.0. The molecule has 0 aliphatic rings. The van der Waals surface area contributed by atoms with E-state index in [9.17, 15) is 0 Å². The molecule has 0 amide bonds. The van der Waals surface area contributed by atoms with Crippen LogP contribution in [0, 0.1) is 0 Å². The van der Waals surface area contributed by atoms with Crippen molar-refractivity contribution in [1.82, 2.24) is 9.80 Å². The minimum absolute atomic E-state index is 0.124. The van der Waals surface area contributed by atoms with Crippen molar-refractivity contribution < 1.29 is 9.47 Å². The first-order valence-electron chi connectivity index (χ1n) is 6.91. The van der Waals surface area contributed by atoms with Gasteiger partial charge in [0.05, 0.1) is 14.2 Å². The number of hydrogen-bond acceptors (Lipinski definition) is 5. The number of ether oxygens (including phenoxy) is 2. The van der Waals surface area contributed by atoms with E-state index in [4.69, 9.17) is 15.2 Å². The van der Waals surface area contributed by atoms with Crippen molar-refractivity contribution in [2.24, 2.45) is 5.73 Å². The lowest BCUT2D eigenvalue weighted by molar-refractivity contribution is 0.221. The first-order chi connectivity index (χ1) is 9.94. The SMILES string of the molecule is COc1cc(Br)c(C(CN)N(C)CCN(C)C)cc1OC. The lowest BCUT2D eigenvalue weighted by Crippen LogP contribution is -2.35. The molecule has 2 N–H and O–H groups in total. The average Bonchev–Trinajstić information content (AvgIpc) is 2.46. The summed E-state index contributed by atoms with van der Waals surface area (Å²) in [6, 6.07) is 4.04. The van der Waals surface area contributed by atoms with Crippen LogP contribution in [0.15, 0.2) is 16.6 Å². The largest absolute Gasteiger partial charge is 0.493 e. The second-order valence-corrected chi connectivity index (χ2v) is 6.12. The zero-order valence-electron chi connectivity index (χ0n) is 13.5. The fourth-order valence-electron chi connectivity index (χ4n) is 2.18. The molecule has 0 aliphatic heterocycles. The van der Waals surface area contributed by atoms with Crippen molar-refractivity contribution in [2.75, 3.05) is 55.0 Å². The normalized spacial score (nSPS) is 12.8. The van der Waals surface area contributed by atoms with Gasteiger partial charge in [0.25, 0.3) is 0 Å². The highest BCUT2D eigenvalue weighted by Gasteiger charge is 2.20. The van der Waals surface area contributed by atoms with Crippen LogP contribution >= 0.6 is 15.9 Å². The number of rotatable bonds is 8. The van der Waals surface area contributed by atoms with Gasteiger partial charge >= 0.3 is 0 Å². The number of nitrogens with zero attached hydrogens (tertiary/aromatic N) is 2. The molecule has 1 aromatic carbocycles. The van der Waals surface area contributed by atoms with E-state index in [-0.39, 0.29) is 6.04 Å². The molecule has 120 valence electrons. The molecule has 0 spiro atoms. The molecule has 1 rings (SSSR count). The number of methoxy groups -OCH3 is 2. The summed E-state index contributed by atoms with van der Waals surface area (Å²) in [5.41, 5.74) is 7.10. The monoisotopic (exact) mass is 359 g/mol. The Bertz CT molecular complexity index is 455. The van der Waals surface area contributed by atoms with Crippen molar-refractivity contribution in [2.45, 2.75) is 6.04 Å². The Hall–Kier alpha value is -0.820. The van der Waals surface area contributed by atoms with Gasteiger partial charge in [0, 0.05) is 30.1 Å². The third-order valence-electron chi connectivity index (χ3n) is 3.52. The van der Waals surface area contributed by atoms with Crippen molar-refractivity contribution in [3.8, 4) is 11.5 Å². The standard InChI is InChI=1S/C15H26BrN3O2/c1-18(2)6-7-19(3)13(10-17)11-8-14(20-4)15(21-5)9-12(11)16/h8-9,13H,6-7,10,17H2,1-5H3. The molecule has 1 aromatic rings. The van der Waals surface area contributed by atoms with Gasteiger partial charge in [0.1, 0.15) is 0 Å². The van der Waals surface area contributed by atoms with Gasteiger partial charge in [0.2, 0.25) is 0 Å². The van der Waals surface area contributed by atoms with Crippen molar-refractivity contribution >= 4 is 15.9 Å². The van der Waals surface area contributed by atoms with Gasteiger partial charge in [-0.1, -0.05) is 15.9 Å². The van der Waals surface area contributed by atoms with Crippen LogP contribution in [0.3, 0.4) is 0 Å². The summed E-state index contributed by atoms with van der Waals surface area (Å²) in [5.74, 6) is 1.43. The van der Waals surface area contributed by atoms with Crippen LogP contribution in [-0.2, 0) is 0 Å². The van der Waals surface area contributed by atoms with Crippen LogP contribution in [0.2, 0.25) is 0 Å². The van der Waals surface area contributed by atoms with Crippen molar-refractivity contribution in [3.63, 3.8) is 0 Å². The van der Waals surface area contributed by atoms with E-state index in [0.717, 1.165) is 28.9 Å². The van der Waals surface area contributed by atoms with Gasteiger partial charge in [-0.05, 0) is 38.8 Å². The third kappa shape index (κ3) is 4.85. The van der Waals surface area contributed by atoms with E-state index in [1.165, 1.54) is 0 Å². The number of nitrogens with two attached hydrogens (primary N) is 1. The third-order valence-corrected chi connectivity index (χ3v) is 4.20. The second kappa shape index (κ2) is 8.58. The Labute approximate surface area is 136 Å². The zero-order chi connectivity index (χ0) is 16.0. The Balaban J connectivity index is 3.04. The smallest absolute Gasteiger partial charge is 0.161 e. The quantitative estimate of drug-likeness (QED) is 0.768. The predicted molar refractivity (Wildman–Crippen MR) is 90.2 cm³/mol. The molecule has 0 radical (unpaired) electrons. The van der Waals surface area contributed by atoms with Crippen LogP contribution < -0.4 is 15.2 Å². The van der Waals surface area contributed by atoms with Crippen LogP contribution in [0.25, 0.3) is 0 Å². The summed E-state index contributed by atoms with van der Waals surface area (Å²) < 4.78 is 11.7. The number of hydrogen-bond donors (Lipinski definition) is 1. The van der Waals surface area contributed by atoms with Gasteiger partial charge in [0.15, 0.2) is 11.5 Å². The maximum atomic E-state index is 5.99. The van der Waals surface area contributed by atoms with E-state index in [1.807, 2.05) is 12.1 Å². The average molecular weight is 360 g/mol. The molecule has 5 nitrogen and oxygen atoms in total. The maximum absolute atomic E-state index is 5.99. The highest BCUT2D eigenvalue weighted by molar-refractivity contribution is 9.10. The topological polar surface area (TPSA) is 51.0 Å². The highest BCUT2D eigenvalue weighted by atomic mass is 79.9. The summed E-state index contributed by atoms with van der Waals surface area (Å²) in [4.78, 5) is 4.42. The summed E-state index contributed by atoms with van der Waals surface area (Å²) in [7, 11) is 9.50. The first-order valence-corrected chi connectivity index (χ1v) is 7.70. The second-order valence-electron chi connectivity index (χ2n) is 5.26.